The number of carbonyl (C=O) groups is 2. The lowest BCUT2D eigenvalue weighted by atomic mass is 9.78. The minimum absolute atomic E-state index is 0.185. The molecule has 1 saturated carbocycles. The highest BCUT2D eigenvalue weighted by Gasteiger charge is 2.28. The molecule has 1 aliphatic carbocycles. The maximum atomic E-state index is 11.7. The van der Waals surface area contributed by atoms with Gasteiger partial charge in [0.15, 0.2) is 6.10 Å². The molecule has 0 saturated heterocycles. The lowest BCUT2D eigenvalue weighted by Crippen LogP contribution is -2.45. The third kappa shape index (κ3) is 4.29. The van der Waals surface area contributed by atoms with Crippen LogP contribution in [0.1, 0.15) is 40.0 Å². The van der Waals surface area contributed by atoms with Gasteiger partial charge < -0.3 is 15.2 Å². The predicted octanol–water partition coefficient (Wildman–Crippen LogP) is 1.42. The van der Waals surface area contributed by atoms with Crippen LogP contribution in [0.3, 0.4) is 0 Å². The van der Waals surface area contributed by atoms with Crippen molar-refractivity contribution in [2.24, 2.45) is 11.8 Å². The Morgan fingerprint density at radius 3 is 2.67 bits per heavy atom. The molecule has 0 aromatic heterocycles. The monoisotopic (exact) mass is 257 g/mol. The van der Waals surface area contributed by atoms with Gasteiger partial charge in [-0.05, 0) is 25.2 Å². The molecule has 4 atom stereocenters. The Morgan fingerprint density at radius 1 is 1.39 bits per heavy atom. The number of hydrogen-bond donors (Lipinski definition) is 2. The fourth-order valence-corrected chi connectivity index (χ4v) is 2.31. The minimum atomic E-state index is -1.05. The fraction of sp³-hybridized carbons (Fsp3) is 0.846. The Kier molecular flexibility index (Phi) is 5.59. The van der Waals surface area contributed by atoms with Gasteiger partial charge in [-0.3, -0.25) is 4.79 Å². The number of aliphatic carboxylic acids is 1. The van der Waals surface area contributed by atoms with Crippen LogP contribution in [0.4, 0.5) is 0 Å². The number of carboxylic acids is 1. The van der Waals surface area contributed by atoms with E-state index in [1.54, 1.807) is 0 Å². The number of rotatable bonds is 5. The number of carboxylic acid groups (broad SMARTS) is 1. The zero-order valence-corrected chi connectivity index (χ0v) is 11.3. The van der Waals surface area contributed by atoms with Crippen LogP contribution in [-0.4, -0.2) is 35.7 Å². The summed E-state index contributed by atoms with van der Waals surface area (Å²) in [7, 11) is 0. The van der Waals surface area contributed by atoms with Gasteiger partial charge in [0, 0.05) is 6.04 Å². The average Bonchev–Trinajstić information content (AvgIpc) is 2.32. The molecule has 0 bridgehead atoms. The Bertz CT molecular complexity index is 305. The summed E-state index contributed by atoms with van der Waals surface area (Å²) in [6, 6.07) is 0.185. The Hall–Kier alpha value is -1.10. The van der Waals surface area contributed by atoms with Crippen LogP contribution in [0.2, 0.25) is 0 Å². The van der Waals surface area contributed by atoms with Gasteiger partial charge in [-0.1, -0.05) is 26.7 Å². The molecular formula is C13H23NO4. The number of carbonyl (C=O) groups excluding carboxylic acids is 1. The molecule has 5 nitrogen and oxygen atoms in total. The van der Waals surface area contributed by atoms with Crippen LogP contribution in [0.25, 0.3) is 0 Å². The molecule has 0 radical (unpaired) electrons. The van der Waals surface area contributed by atoms with Gasteiger partial charge in [-0.2, -0.15) is 0 Å². The maximum Gasteiger partial charge on any atom is 0.332 e. The zero-order chi connectivity index (χ0) is 13.7. The summed E-state index contributed by atoms with van der Waals surface area (Å²) in [6.07, 6.45) is 2.38. The number of nitrogens with one attached hydrogen (secondary N) is 1. The van der Waals surface area contributed by atoms with Crippen LogP contribution in [0, 0.1) is 11.8 Å². The van der Waals surface area contributed by atoms with E-state index in [9.17, 15) is 9.59 Å². The average molecular weight is 257 g/mol. The zero-order valence-electron chi connectivity index (χ0n) is 11.3. The standard InChI is InChI=1S/C13H23NO4/c1-8-5-4-6-11(9(8)2)14-12(15)7-18-10(3)13(16)17/h8-11H,4-7H2,1-3H3,(H,14,15)(H,16,17)/t8?,9?,10-,11?/m0/s1. The molecule has 2 N–H and O–H groups in total. The summed E-state index contributed by atoms with van der Waals surface area (Å²) >= 11 is 0. The van der Waals surface area contributed by atoms with E-state index in [1.165, 1.54) is 13.3 Å². The van der Waals surface area contributed by atoms with Crippen molar-refractivity contribution in [1.82, 2.24) is 5.32 Å². The molecule has 5 heteroatoms. The van der Waals surface area contributed by atoms with Crippen molar-refractivity contribution in [3.05, 3.63) is 0 Å². The van der Waals surface area contributed by atoms with Crippen molar-refractivity contribution < 1.29 is 19.4 Å². The Morgan fingerprint density at radius 2 is 2.06 bits per heavy atom. The maximum absolute atomic E-state index is 11.7. The Labute approximate surface area is 108 Å². The van der Waals surface area contributed by atoms with E-state index in [1.807, 2.05) is 0 Å². The van der Waals surface area contributed by atoms with Crippen molar-refractivity contribution in [1.29, 1.82) is 0 Å². The predicted molar refractivity (Wildman–Crippen MR) is 67.2 cm³/mol. The van der Waals surface area contributed by atoms with Gasteiger partial charge in [0.2, 0.25) is 5.91 Å². The number of ether oxygens (including phenoxy) is 1. The third-order valence-electron chi connectivity index (χ3n) is 3.87. The second kappa shape index (κ2) is 6.73. The summed E-state index contributed by atoms with van der Waals surface area (Å²) in [4.78, 5) is 22.2. The normalized spacial score (nSPS) is 29.6. The van der Waals surface area contributed by atoms with Crippen molar-refractivity contribution in [2.75, 3.05) is 6.61 Å². The van der Waals surface area contributed by atoms with Gasteiger partial charge in [-0.25, -0.2) is 4.79 Å². The van der Waals surface area contributed by atoms with E-state index in [4.69, 9.17) is 9.84 Å². The van der Waals surface area contributed by atoms with Crippen LogP contribution in [0.15, 0.2) is 0 Å². The van der Waals surface area contributed by atoms with E-state index in [-0.39, 0.29) is 18.6 Å². The SMILES string of the molecule is CC1CCCC(NC(=O)CO[C@@H](C)C(=O)O)C1C. The molecule has 1 rings (SSSR count). The van der Waals surface area contributed by atoms with Gasteiger partial charge in [-0.15, -0.1) is 0 Å². The van der Waals surface area contributed by atoms with Crippen LogP contribution < -0.4 is 5.32 Å². The Balaban J connectivity index is 2.33. The van der Waals surface area contributed by atoms with Gasteiger partial charge in [0.05, 0.1) is 0 Å². The second-order valence-corrected chi connectivity index (χ2v) is 5.23. The highest BCUT2D eigenvalue weighted by Crippen LogP contribution is 2.29. The van der Waals surface area contributed by atoms with E-state index in [2.05, 4.69) is 19.2 Å². The number of amides is 1. The van der Waals surface area contributed by atoms with Crippen molar-refractivity contribution in [2.45, 2.75) is 52.2 Å². The lowest BCUT2D eigenvalue weighted by molar-refractivity contribution is -0.151. The molecular weight excluding hydrogens is 234 g/mol. The van der Waals surface area contributed by atoms with E-state index in [0.29, 0.717) is 11.8 Å². The smallest absolute Gasteiger partial charge is 0.332 e. The van der Waals surface area contributed by atoms with Gasteiger partial charge in [0.25, 0.3) is 0 Å². The molecule has 1 aliphatic rings. The lowest BCUT2D eigenvalue weighted by Gasteiger charge is -2.34. The first-order valence-corrected chi connectivity index (χ1v) is 6.55. The quantitative estimate of drug-likeness (QED) is 0.781. The molecule has 18 heavy (non-hydrogen) atoms. The van der Waals surface area contributed by atoms with Crippen LogP contribution >= 0.6 is 0 Å². The molecule has 1 fully saturated rings. The van der Waals surface area contributed by atoms with Crippen LogP contribution in [0.5, 0.6) is 0 Å². The summed E-state index contributed by atoms with van der Waals surface area (Å²) in [5.41, 5.74) is 0. The topological polar surface area (TPSA) is 75.6 Å². The van der Waals surface area contributed by atoms with E-state index in [0.717, 1.165) is 12.8 Å². The van der Waals surface area contributed by atoms with Gasteiger partial charge >= 0.3 is 5.97 Å². The molecule has 0 heterocycles. The number of hydrogen-bond acceptors (Lipinski definition) is 3. The molecule has 0 spiro atoms. The molecule has 0 aliphatic heterocycles. The fourth-order valence-electron chi connectivity index (χ4n) is 2.31. The first-order valence-electron chi connectivity index (χ1n) is 6.55. The van der Waals surface area contributed by atoms with Crippen LogP contribution in [-0.2, 0) is 14.3 Å². The van der Waals surface area contributed by atoms with E-state index < -0.39 is 12.1 Å². The highest BCUT2D eigenvalue weighted by molar-refractivity contribution is 5.78. The molecule has 104 valence electrons. The second-order valence-electron chi connectivity index (χ2n) is 5.23. The van der Waals surface area contributed by atoms with Crippen molar-refractivity contribution in [3.63, 3.8) is 0 Å². The molecule has 3 unspecified atom stereocenters. The van der Waals surface area contributed by atoms with Crippen molar-refractivity contribution >= 4 is 11.9 Å². The van der Waals surface area contributed by atoms with E-state index >= 15 is 0 Å². The van der Waals surface area contributed by atoms with Gasteiger partial charge in [0.1, 0.15) is 6.61 Å². The largest absolute Gasteiger partial charge is 0.479 e. The highest BCUT2D eigenvalue weighted by atomic mass is 16.5. The first-order chi connectivity index (χ1) is 8.41. The molecule has 1 amide bonds. The molecule has 0 aromatic rings. The summed E-state index contributed by atoms with van der Waals surface area (Å²) in [5, 5.41) is 11.6. The van der Waals surface area contributed by atoms with Crippen molar-refractivity contribution in [3.8, 4) is 0 Å². The molecule has 0 aromatic carbocycles. The summed E-state index contributed by atoms with van der Waals surface area (Å²) in [6.45, 7) is 5.58. The third-order valence-corrected chi connectivity index (χ3v) is 3.87. The summed E-state index contributed by atoms with van der Waals surface area (Å²) < 4.78 is 4.96. The first kappa shape index (κ1) is 15.0. The summed E-state index contributed by atoms with van der Waals surface area (Å²) in [5.74, 6) is -0.209. The minimum Gasteiger partial charge on any atom is -0.479 e.